The first kappa shape index (κ1) is 22.5. The first-order valence-corrected chi connectivity index (χ1v) is 10.9. The van der Waals surface area contributed by atoms with Gasteiger partial charge in [0.05, 0.1) is 25.8 Å². The fourth-order valence-electron chi connectivity index (χ4n) is 5.20. The number of carbonyl (C=O) groups is 2. The van der Waals surface area contributed by atoms with E-state index in [1.54, 1.807) is 4.90 Å². The molecule has 2 bridgehead atoms. The standard InChI is InChI=1S/C23H22F3N3O5/c1-10(18-15(25)5-11(24)6-16(18)26)27-22(31)14-8-28-9-17-29(12-3-4-13(7-12)34-17)23(32)19(28)21(33-2)20(14)30/h5-6,8,10,12-13,17H,3-4,7,9H2,1-2H3,(H,27,31)/t10-,12-,13-,17-/m1/s1. The number of rotatable bonds is 4. The number of nitrogens with zero attached hydrogens (tertiary/aromatic N) is 2. The first-order chi connectivity index (χ1) is 16.2. The van der Waals surface area contributed by atoms with Crippen molar-refractivity contribution in [2.45, 2.75) is 57.1 Å². The van der Waals surface area contributed by atoms with Crippen LogP contribution in [0.4, 0.5) is 13.2 Å². The zero-order valence-corrected chi connectivity index (χ0v) is 18.4. The Morgan fingerprint density at radius 1 is 1.21 bits per heavy atom. The molecule has 2 fully saturated rings. The van der Waals surface area contributed by atoms with E-state index in [1.807, 2.05) is 0 Å². The fourth-order valence-corrected chi connectivity index (χ4v) is 5.20. The Morgan fingerprint density at radius 2 is 1.91 bits per heavy atom. The van der Waals surface area contributed by atoms with Gasteiger partial charge in [-0.1, -0.05) is 0 Å². The number of hydrogen-bond donors (Lipinski definition) is 1. The van der Waals surface area contributed by atoms with Gasteiger partial charge in [0.2, 0.25) is 5.43 Å². The molecule has 5 rings (SSSR count). The highest BCUT2D eigenvalue weighted by Gasteiger charge is 2.47. The Morgan fingerprint density at radius 3 is 2.59 bits per heavy atom. The van der Waals surface area contributed by atoms with E-state index in [4.69, 9.17) is 9.47 Å². The molecule has 11 heteroatoms. The van der Waals surface area contributed by atoms with Crippen molar-refractivity contribution in [2.75, 3.05) is 7.11 Å². The van der Waals surface area contributed by atoms with Gasteiger partial charge in [-0.2, -0.15) is 0 Å². The molecule has 4 atom stereocenters. The van der Waals surface area contributed by atoms with Gasteiger partial charge in [0.1, 0.15) is 23.0 Å². The monoisotopic (exact) mass is 477 g/mol. The second-order valence-electron chi connectivity index (χ2n) is 8.78. The number of hydrogen-bond acceptors (Lipinski definition) is 5. The summed E-state index contributed by atoms with van der Waals surface area (Å²) in [6.07, 6.45) is 3.16. The van der Waals surface area contributed by atoms with Gasteiger partial charge in [0.15, 0.2) is 17.7 Å². The van der Waals surface area contributed by atoms with Crippen molar-refractivity contribution >= 4 is 11.8 Å². The molecule has 1 aliphatic carbocycles. The summed E-state index contributed by atoms with van der Waals surface area (Å²) in [7, 11) is 1.23. The summed E-state index contributed by atoms with van der Waals surface area (Å²) in [6.45, 7) is 1.50. The Balaban J connectivity index is 1.49. The highest BCUT2D eigenvalue weighted by atomic mass is 19.1. The summed E-state index contributed by atoms with van der Waals surface area (Å²) in [5, 5.41) is 2.37. The lowest BCUT2D eigenvalue weighted by Crippen LogP contribution is -2.57. The summed E-state index contributed by atoms with van der Waals surface area (Å²) in [4.78, 5) is 41.0. The number of methoxy groups -OCH3 is 1. The lowest BCUT2D eigenvalue weighted by atomic mass is 10.0. The van der Waals surface area contributed by atoms with E-state index >= 15 is 0 Å². The van der Waals surface area contributed by atoms with Gasteiger partial charge in [-0.15, -0.1) is 0 Å². The lowest BCUT2D eigenvalue weighted by Gasteiger charge is -2.44. The van der Waals surface area contributed by atoms with Crippen molar-refractivity contribution in [3.8, 4) is 5.75 Å². The van der Waals surface area contributed by atoms with Crippen molar-refractivity contribution in [3.63, 3.8) is 0 Å². The van der Waals surface area contributed by atoms with Crippen LogP contribution in [0.5, 0.6) is 5.75 Å². The third-order valence-electron chi connectivity index (χ3n) is 6.71. The average Bonchev–Trinajstić information content (AvgIpc) is 3.13. The molecule has 0 spiro atoms. The van der Waals surface area contributed by atoms with Crippen LogP contribution in [-0.4, -0.2) is 46.8 Å². The molecule has 1 N–H and O–H groups in total. The summed E-state index contributed by atoms with van der Waals surface area (Å²) in [6, 6.07) is -0.179. The fraction of sp³-hybridized carbons (Fsp3) is 0.435. The third kappa shape index (κ3) is 3.46. The van der Waals surface area contributed by atoms with E-state index in [-0.39, 0.29) is 35.7 Å². The van der Waals surface area contributed by atoms with Gasteiger partial charge in [0.25, 0.3) is 11.8 Å². The smallest absolute Gasteiger partial charge is 0.276 e. The molecule has 2 aliphatic heterocycles. The molecule has 3 heterocycles. The van der Waals surface area contributed by atoms with Crippen LogP contribution in [0.25, 0.3) is 0 Å². The summed E-state index contributed by atoms with van der Waals surface area (Å²) >= 11 is 0. The average molecular weight is 477 g/mol. The second-order valence-corrected chi connectivity index (χ2v) is 8.78. The molecule has 1 aromatic heterocycles. The Labute approximate surface area is 192 Å². The number of pyridine rings is 1. The maximum absolute atomic E-state index is 14.1. The Bertz CT molecular complexity index is 1240. The molecule has 1 saturated carbocycles. The van der Waals surface area contributed by atoms with Crippen molar-refractivity contribution in [3.05, 3.63) is 62.8 Å². The number of benzene rings is 1. The molecule has 2 aromatic rings. The largest absolute Gasteiger partial charge is 0.491 e. The summed E-state index contributed by atoms with van der Waals surface area (Å²) < 4.78 is 54.2. The van der Waals surface area contributed by atoms with Gasteiger partial charge in [-0.25, -0.2) is 13.2 Å². The van der Waals surface area contributed by atoms with E-state index < -0.39 is 52.5 Å². The normalized spacial score (nSPS) is 23.9. The number of ether oxygens (including phenoxy) is 2. The van der Waals surface area contributed by atoms with Crippen LogP contribution in [-0.2, 0) is 11.3 Å². The van der Waals surface area contributed by atoms with Crippen LogP contribution < -0.4 is 15.5 Å². The highest BCUT2D eigenvalue weighted by Crippen LogP contribution is 2.39. The maximum atomic E-state index is 14.1. The number of nitrogens with one attached hydrogen (secondary N) is 1. The summed E-state index contributed by atoms with van der Waals surface area (Å²) in [5.74, 6) is -5.05. The van der Waals surface area contributed by atoms with Gasteiger partial charge < -0.3 is 24.3 Å². The van der Waals surface area contributed by atoms with Crippen LogP contribution in [0.1, 0.15) is 58.6 Å². The van der Waals surface area contributed by atoms with E-state index in [1.165, 1.54) is 24.8 Å². The minimum Gasteiger partial charge on any atom is -0.491 e. The highest BCUT2D eigenvalue weighted by molar-refractivity contribution is 5.99. The number of halogens is 3. The van der Waals surface area contributed by atoms with Crippen LogP contribution >= 0.6 is 0 Å². The molecule has 2 amide bonds. The SMILES string of the molecule is COc1c2n(cc(C(=O)N[C@H](C)c3c(F)cc(F)cc3F)c1=O)C[C@H]1O[C@@H]3CC[C@H](C3)N1C2=O. The minimum atomic E-state index is -1.21. The third-order valence-corrected chi connectivity index (χ3v) is 6.71. The number of carbonyl (C=O) groups excluding carboxylic acids is 2. The molecule has 1 aromatic carbocycles. The van der Waals surface area contributed by atoms with E-state index in [0.717, 1.165) is 19.3 Å². The number of aromatic nitrogens is 1. The lowest BCUT2D eigenvalue weighted by molar-refractivity contribution is -0.132. The number of amides is 2. The van der Waals surface area contributed by atoms with Crippen molar-refractivity contribution in [1.82, 2.24) is 14.8 Å². The van der Waals surface area contributed by atoms with Crippen LogP contribution in [0.15, 0.2) is 23.1 Å². The molecule has 0 radical (unpaired) electrons. The van der Waals surface area contributed by atoms with E-state index in [0.29, 0.717) is 12.1 Å². The topological polar surface area (TPSA) is 89.9 Å². The van der Waals surface area contributed by atoms with E-state index in [2.05, 4.69) is 5.32 Å². The molecule has 3 aliphatic rings. The molecular weight excluding hydrogens is 455 g/mol. The van der Waals surface area contributed by atoms with Crippen LogP contribution in [0.2, 0.25) is 0 Å². The zero-order valence-electron chi connectivity index (χ0n) is 18.4. The second kappa shape index (κ2) is 8.15. The molecule has 1 saturated heterocycles. The van der Waals surface area contributed by atoms with Gasteiger partial charge in [-0.3, -0.25) is 14.4 Å². The number of fused-ring (bicyclic) bond motifs is 5. The molecule has 34 heavy (non-hydrogen) atoms. The van der Waals surface area contributed by atoms with Crippen molar-refractivity contribution in [1.29, 1.82) is 0 Å². The van der Waals surface area contributed by atoms with Crippen LogP contribution in [0, 0.1) is 17.5 Å². The predicted octanol–water partition coefficient (Wildman–Crippen LogP) is 2.50. The molecular formula is C23H22F3N3O5. The molecule has 180 valence electrons. The van der Waals surface area contributed by atoms with Crippen molar-refractivity contribution < 1.29 is 32.2 Å². The van der Waals surface area contributed by atoms with Gasteiger partial charge in [0, 0.05) is 29.9 Å². The minimum absolute atomic E-state index is 0.0223. The quantitative estimate of drug-likeness (QED) is 0.731. The van der Waals surface area contributed by atoms with Gasteiger partial charge >= 0.3 is 0 Å². The Hall–Kier alpha value is -3.34. The molecule has 0 unspecified atom stereocenters. The van der Waals surface area contributed by atoms with Crippen molar-refractivity contribution in [2.24, 2.45) is 0 Å². The van der Waals surface area contributed by atoms with Crippen LogP contribution in [0.3, 0.4) is 0 Å². The Kier molecular flexibility index (Phi) is 5.38. The maximum Gasteiger partial charge on any atom is 0.276 e. The summed E-state index contributed by atoms with van der Waals surface area (Å²) in [5.41, 5.74) is -1.71. The van der Waals surface area contributed by atoms with Gasteiger partial charge in [-0.05, 0) is 26.2 Å². The predicted molar refractivity (Wildman–Crippen MR) is 112 cm³/mol. The molecule has 8 nitrogen and oxygen atoms in total. The first-order valence-electron chi connectivity index (χ1n) is 10.9. The van der Waals surface area contributed by atoms with E-state index in [9.17, 15) is 27.6 Å². The zero-order chi connectivity index (χ0) is 24.3.